The van der Waals surface area contributed by atoms with Crippen molar-refractivity contribution < 1.29 is 9.66 Å². The summed E-state index contributed by atoms with van der Waals surface area (Å²) in [5.74, 6) is 1.19. The minimum atomic E-state index is -0.435. The van der Waals surface area contributed by atoms with Crippen molar-refractivity contribution in [2.24, 2.45) is 5.10 Å². The van der Waals surface area contributed by atoms with Gasteiger partial charge in [0.25, 0.3) is 5.69 Å². The number of ether oxygens (including phenoxy) is 1. The Morgan fingerprint density at radius 3 is 2.36 bits per heavy atom. The Labute approximate surface area is 190 Å². The van der Waals surface area contributed by atoms with Gasteiger partial charge in [0.1, 0.15) is 0 Å². The largest absolute Gasteiger partial charge is 0.378 e. The van der Waals surface area contributed by atoms with Gasteiger partial charge in [-0.1, -0.05) is 17.7 Å². The molecule has 0 bridgehead atoms. The Balaban J connectivity index is 1.57. The summed E-state index contributed by atoms with van der Waals surface area (Å²) in [6, 6.07) is 14.1. The first-order chi connectivity index (χ1) is 16.0. The molecule has 0 saturated carbocycles. The zero-order valence-corrected chi connectivity index (χ0v) is 18.4. The van der Waals surface area contributed by atoms with E-state index in [2.05, 4.69) is 30.8 Å². The highest BCUT2D eigenvalue weighted by Crippen LogP contribution is 2.19. The van der Waals surface area contributed by atoms with Gasteiger partial charge in [0.15, 0.2) is 0 Å². The molecule has 1 aliphatic rings. The lowest BCUT2D eigenvalue weighted by Gasteiger charge is -2.27. The number of hydrazone groups is 1. The van der Waals surface area contributed by atoms with Crippen molar-refractivity contribution in [3.05, 3.63) is 69.8 Å². The molecule has 1 saturated heterocycles. The van der Waals surface area contributed by atoms with Gasteiger partial charge in [0, 0.05) is 30.9 Å². The number of aryl methyl sites for hydroxylation is 1. The van der Waals surface area contributed by atoms with Crippen molar-refractivity contribution in [1.29, 1.82) is 0 Å². The van der Waals surface area contributed by atoms with E-state index in [0.717, 1.165) is 16.8 Å². The van der Waals surface area contributed by atoms with Crippen molar-refractivity contribution in [3.63, 3.8) is 0 Å². The third-order valence-corrected chi connectivity index (χ3v) is 5.04. The van der Waals surface area contributed by atoms with E-state index in [-0.39, 0.29) is 11.6 Å². The normalized spacial score (nSPS) is 14.1. The molecule has 0 amide bonds. The molecule has 1 aliphatic heterocycles. The van der Waals surface area contributed by atoms with Gasteiger partial charge in [0.2, 0.25) is 17.8 Å². The Bertz CT molecular complexity index is 1140. The molecule has 1 fully saturated rings. The summed E-state index contributed by atoms with van der Waals surface area (Å²) < 4.78 is 5.43. The highest BCUT2D eigenvalue weighted by Gasteiger charge is 2.17. The highest BCUT2D eigenvalue weighted by molar-refractivity contribution is 5.99. The average Bonchev–Trinajstić information content (AvgIpc) is 2.84. The molecule has 0 spiro atoms. The summed E-state index contributed by atoms with van der Waals surface area (Å²) in [5.41, 5.74) is 6.30. The summed E-state index contributed by atoms with van der Waals surface area (Å²) in [7, 11) is 0. The third kappa shape index (κ3) is 5.77. The van der Waals surface area contributed by atoms with E-state index in [1.54, 1.807) is 19.1 Å². The molecular formula is C22H24N8O3. The molecule has 11 heteroatoms. The zero-order valence-electron chi connectivity index (χ0n) is 18.4. The Morgan fingerprint density at radius 2 is 1.70 bits per heavy atom. The van der Waals surface area contributed by atoms with Gasteiger partial charge in [-0.25, -0.2) is 5.43 Å². The fourth-order valence-electron chi connectivity index (χ4n) is 3.16. The number of hydrogen-bond acceptors (Lipinski definition) is 10. The number of aromatic nitrogens is 3. The minimum absolute atomic E-state index is 0.0268. The molecule has 2 heterocycles. The van der Waals surface area contributed by atoms with Crippen LogP contribution in [0.2, 0.25) is 0 Å². The molecule has 0 atom stereocenters. The molecule has 4 rings (SSSR count). The molecule has 3 aromatic rings. The number of nitro groups is 1. The standard InChI is InChI=1S/C22H24N8O3/c1-15-3-7-18(8-4-15)23-20-24-21(26-22(25-20)29-11-13-33-14-12-29)28-27-16(2)17-5-9-19(10-6-17)30(31)32/h3-10H,11-14H2,1-2H3,(H2,23,24,25,26,28). The van der Waals surface area contributed by atoms with Crippen LogP contribution < -0.4 is 15.6 Å². The fourth-order valence-corrected chi connectivity index (χ4v) is 3.16. The molecule has 2 aromatic carbocycles. The summed E-state index contributed by atoms with van der Waals surface area (Å²) in [6.45, 7) is 6.39. The topological polar surface area (TPSA) is 131 Å². The summed E-state index contributed by atoms with van der Waals surface area (Å²) in [4.78, 5) is 26.0. The van der Waals surface area contributed by atoms with E-state index < -0.39 is 4.92 Å². The Hall–Kier alpha value is -4.12. The number of non-ortho nitro benzene ring substituents is 1. The Morgan fingerprint density at radius 1 is 1.03 bits per heavy atom. The van der Waals surface area contributed by atoms with E-state index in [9.17, 15) is 10.1 Å². The van der Waals surface area contributed by atoms with Crippen LogP contribution in [-0.4, -0.2) is 51.9 Å². The monoisotopic (exact) mass is 448 g/mol. The summed E-state index contributed by atoms with van der Waals surface area (Å²) in [6.07, 6.45) is 0. The van der Waals surface area contributed by atoms with Crippen molar-refractivity contribution >= 4 is 34.9 Å². The van der Waals surface area contributed by atoms with Crippen molar-refractivity contribution in [2.75, 3.05) is 41.9 Å². The molecule has 0 aliphatic carbocycles. The second kappa shape index (κ2) is 10.0. The van der Waals surface area contributed by atoms with Crippen LogP contribution in [0.1, 0.15) is 18.1 Å². The first-order valence-electron chi connectivity index (χ1n) is 10.5. The highest BCUT2D eigenvalue weighted by atomic mass is 16.6. The molecule has 33 heavy (non-hydrogen) atoms. The van der Waals surface area contributed by atoms with Crippen molar-refractivity contribution in [1.82, 2.24) is 15.0 Å². The van der Waals surface area contributed by atoms with Gasteiger partial charge in [-0.15, -0.1) is 0 Å². The number of anilines is 4. The number of nitrogens with one attached hydrogen (secondary N) is 2. The first kappa shape index (κ1) is 22.1. The van der Waals surface area contributed by atoms with Crippen LogP contribution in [-0.2, 0) is 4.74 Å². The third-order valence-electron chi connectivity index (χ3n) is 5.04. The summed E-state index contributed by atoms with van der Waals surface area (Å²) >= 11 is 0. The quantitative estimate of drug-likeness (QED) is 0.317. The lowest BCUT2D eigenvalue weighted by atomic mass is 10.1. The number of hydrogen-bond donors (Lipinski definition) is 2. The molecule has 0 radical (unpaired) electrons. The maximum atomic E-state index is 10.9. The molecule has 170 valence electrons. The first-order valence-corrected chi connectivity index (χ1v) is 10.5. The van der Waals surface area contributed by atoms with Crippen LogP contribution in [0.5, 0.6) is 0 Å². The van der Waals surface area contributed by atoms with Crippen LogP contribution in [0.25, 0.3) is 0 Å². The number of morpholine rings is 1. The van der Waals surface area contributed by atoms with Gasteiger partial charge in [-0.05, 0) is 43.7 Å². The number of nitro benzene ring substituents is 1. The molecule has 1 aromatic heterocycles. The Kier molecular flexibility index (Phi) is 6.69. The molecule has 0 unspecified atom stereocenters. The fraction of sp³-hybridized carbons (Fsp3) is 0.273. The van der Waals surface area contributed by atoms with Crippen LogP contribution in [0.3, 0.4) is 0 Å². The maximum Gasteiger partial charge on any atom is 0.269 e. The molecule has 2 N–H and O–H groups in total. The van der Waals surface area contributed by atoms with Gasteiger partial charge in [-0.3, -0.25) is 10.1 Å². The average molecular weight is 448 g/mol. The van der Waals surface area contributed by atoms with Gasteiger partial charge >= 0.3 is 0 Å². The SMILES string of the molecule is CC(=NNc1nc(Nc2ccc(C)cc2)nc(N2CCOCC2)n1)c1ccc([N+](=O)[O-])cc1. The van der Waals surface area contributed by atoms with Gasteiger partial charge in [-0.2, -0.15) is 20.1 Å². The lowest BCUT2D eigenvalue weighted by molar-refractivity contribution is -0.384. The van der Waals surface area contributed by atoms with Crippen molar-refractivity contribution in [3.8, 4) is 0 Å². The number of nitrogens with zero attached hydrogens (tertiary/aromatic N) is 6. The van der Waals surface area contributed by atoms with Crippen LogP contribution in [0, 0.1) is 17.0 Å². The molecular weight excluding hydrogens is 424 g/mol. The molecule has 11 nitrogen and oxygen atoms in total. The lowest BCUT2D eigenvalue weighted by Crippen LogP contribution is -2.37. The maximum absolute atomic E-state index is 10.9. The van der Waals surface area contributed by atoms with Gasteiger partial charge < -0.3 is 15.0 Å². The number of rotatable bonds is 7. The van der Waals surface area contributed by atoms with Gasteiger partial charge in [0.05, 0.1) is 23.8 Å². The predicted molar refractivity (Wildman–Crippen MR) is 126 cm³/mol. The second-order valence-corrected chi connectivity index (χ2v) is 7.49. The smallest absolute Gasteiger partial charge is 0.269 e. The summed E-state index contributed by atoms with van der Waals surface area (Å²) in [5, 5.41) is 18.4. The van der Waals surface area contributed by atoms with Crippen LogP contribution >= 0.6 is 0 Å². The minimum Gasteiger partial charge on any atom is -0.378 e. The van der Waals surface area contributed by atoms with Crippen LogP contribution in [0.15, 0.2) is 53.6 Å². The van der Waals surface area contributed by atoms with Crippen LogP contribution in [0.4, 0.5) is 29.2 Å². The zero-order chi connectivity index (χ0) is 23.2. The number of benzene rings is 2. The predicted octanol–water partition coefficient (Wildman–Crippen LogP) is 3.50. The van der Waals surface area contributed by atoms with E-state index in [1.807, 2.05) is 36.1 Å². The van der Waals surface area contributed by atoms with Crippen molar-refractivity contribution in [2.45, 2.75) is 13.8 Å². The van der Waals surface area contributed by atoms with E-state index >= 15 is 0 Å². The van der Waals surface area contributed by atoms with E-state index in [1.165, 1.54) is 12.1 Å². The van der Waals surface area contributed by atoms with E-state index in [0.29, 0.717) is 43.9 Å². The second-order valence-electron chi connectivity index (χ2n) is 7.49. The van der Waals surface area contributed by atoms with E-state index in [4.69, 9.17) is 4.74 Å².